The third-order valence-electron chi connectivity index (χ3n) is 2.97. The summed E-state index contributed by atoms with van der Waals surface area (Å²) in [6.45, 7) is 0. The van der Waals surface area contributed by atoms with Crippen molar-refractivity contribution in [3.63, 3.8) is 0 Å². The molecule has 3 rings (SSSR count). The molecular weight excluding hydrogens is 268 g/mol. The molecule has 1 aromatic heterocycles. The van der Waals surface area contributed by atoms with Gasteiger partial charge in [-0.1, -0.05) is 48.5 Å². The molecule has 3 aromatic rings. The number of nitrogens with two attached hydrogens (primary N) is 1. The molecule has 0 fully saturated rings. The van der Waals surface area contributed by atoms with Gasteiger partial charge in [0.05, 0.1) is 0 Å². The Morgan fingerprint density at radius 1 is 0.950 bits per heavy atom. The number of carbonyl (C=O) groups excluding carboxylic acids is 1. The van der Waals surface area contributed by atoms with Crippen LogP contribution in [0.5, 0.6) is 0 Å². The first-order chi connectivity index (χ1) is 9.74. The number of amides is 1. The van der Waals surface area contributed by atoms with E-state index in [1.54, 1.807) is 5.38 Å². The summed E-state index contributed by atoms with van der Waals surface area (Å²) in [5.41, 5.74) is 8.81. The molecule has 0 saturated heterocycles. The van der Waals surface area contributed by atoms with Gasteiger partial charge in [0.2, 0.25) is 0 Å². The van der Waals surface area contributed by atoms with Crippen molar-refractivity contribution in [1.82, 2.24) is 4.98 Å². The summed E-state index contributed by atoms with van der Waals surface area (Å²) >= 11 is 1.42. The summed E-state index contributed by atoms with van der Waals surface area (Å²) in [7, 11) is 0. The predicted octanol–water partition coefficient (Wildman–Crippen LogP) is 3.58. The standard InChI is InChI=1S/C16H12N2OS/c17-15(19)14-10-20-16(18-14)13-8-4-7-12(9-13)11-5-2-1-3-6-11/h1-10H,(H2,17,19). The van der Waals surface area contributed by atoms with Gasteiger partial charge in [-0.2, -0.15) is 0 Å². The zero-order valence-corrected chi connectivity index (χ0v) is 11.4. The fraction of sp³-hybridized carbons (Fsp3) is 0. The Labute approximate surface area is 120 Å². The Kier molecular flexibility index (Phi) is 3.31. The lowest BCUT2D eigenvalue weighted by Gasteiger charge is -2.03. The van der Waals surface area contributed by atoms with Gasteiger partial charge in [-0.3, -0.25) is 4.79 Å². The second-order valence-corrected chi connectivity index (χ2v) is 5.21. The van der Waals surface area contributed by atoms with Gasteiger partial charge in [0.15, 0.2) is 0 Å². The van der Waals surface area contributed by atoms with Crippen LogP contribution in [0, 0.1) is 0 Å². The van der Waals surface area contributed by atoms with Crippen LogP contribution in [0.1, 0.15) is 10.5 Å². The summed E-state index contributed by atoms with van der Waals surface area (Å²) in [6, 6.07) is 18.2. The molecule has 0 radical (unpaired) electrons. The van der Waals surface area contributed by atoms with Crippen molar-refractivity contribution in [2.75, 3.05) is 0 Å². The Morgan fingerprint density at radius 3 is 2.35 bits per heavy atom. The van der Waals surface area contributed by atoms with Gasteiger partial charge in [0.25, 0.3) is 5.91 Å². The van der Waals surface area contributed by atoms with E-state index in [2.05, 4.69) is 29.2 Å². The van der Waals surface area contributed by atoms with Crippen molar-refractivity contribution in [2.45, 2.75) is 0 Å². The van der Waals surface area contributed by atoms with Crippen molar-refractivity contribution in [3.05, 3.63) is 65.7 Å². The topological polar surface area (TPSA) is 56.0 Å². The number of carbonyl (C=O) groups is 1. The summed E-state index contributed by atoms with van der Waals surface area (Å²) in [5.74, 6) is -0.494. The van der Waals surface area contributed by atoms with Gasteiger partial charge in [0.1, 0.15) is 10.7 Å². The van der Waals surface area contributed by atoms with E-state index in [1.807, 2.05) is 30.3 Å². The molecule has 0 bridgehead atoms. The molecule has 2 N–H and O–H groups in total. The van der Waals surface area contributed by atoms with Crippen LogP contribution >= 0.6 is 11.3 Å². The van der Waals surface area contributed by atoms with E-state index in [-0.39, 0.29) is 0 Å². The summed E-state index contributed by atoms with van der Waals surface area (Å²) in [5, 5.41) is 2.49. The Bertz CT molecular complexity index is 750. The summed E-state index contributed by atoms with van der Waals surface area (Å²) < 4.78 is 0. The minimum atomic E-state index is -0.494. The van der Waals surface area contributed by atoms with Crippen LogP contribution in [0.25, 0.3) is 21.7 Å². The first-order valence-corrected chi connectivity index (χ1v) is 7.03. The SMILES string of the molecule is NC(=O)c1csc(-c2cccc(-c3ccccc3)c2)n1. The smallest absolute Gasteiger partial charge is 0.268 e. The predicted molar refractivity (Wildman–Crippen MR) is 81.5 cm³/mol. The lowest BCUT2D eigenvalue weighted by molar-refractivity contribution is 0.0996. The van der Waals surface area contributed by atoms with Gasteiger partial charge in [-0.05, 0) is 17.2 Å². The number of aromatic nitrogens is 1. The number of rotatable bonds is 3. The molecule has 0 aliphatic heterocycles. The fourth-order valence-corrected chi connectivity index (χ4v) is 2.79. The van der Waals surface area contributed by atoms with E-state index in [4.69, 9.17) is 5.73 Å². The molecule has 2 aromatic carbocycles. The van der Waals surface area contributed by atoms with Gasteiger partial charge >= 0.3 is 0 Å². The molecule has 0 aliphatic carbocycles. The molecule has 1 amide bonds. The molecule has 0 aliphatic rings. The molecule has 0 unspecified atom stereocenters. The molecule has 0 saturated carbocycles. The maximum Gasteiger partial charge on any atom is 0.268 e. The van der Waals surface area contributed by atoms with Crippen molar-refractivity contribution >= 4 is 17.2 Å². The molecule has 98 valence electrons. The highest BCUT2D eigenvalue weighted by atomic mass is 32.1. The highest BCUT2D eigenvalue weighted by Gasteiger charge is 2.09. The molecule has 0 atom stereocenters. The van der Waals surface area contributed by atoms with Crippen molar-refractivity contribution in [3.8, 4) is 21.7 Å². The van der Waals surface area contributed by atoms with Crippen LogP contribution in [-0.2, 0) is 0 Å². The Morgan fingerprint density at radius 2 is 1.65 bits per heavy atom. The maximum absolute atomic E-state index is 11.1. The summed E-state index contributed by atoms with van der Waals surface area (Å²) in [4.78, 5) is 15.4. The molecule has 4 heteroatoms. The average molecular weight is 280 g/mol. The average Bonchev–Trinajstić information content (AvgIpc) is 2.98. The highest BCUT2D eigenvalue weighted by molar-refractivity contribution is 7.13. The van der Waals surface area contributed by atoms with E-state index < -0.39 is 5.91 Å². The van der Waals surface area contributed by atoms with E-state index >= 15 is 0 Å². The summed E-state index contributed by atoms with van der Waals surface area (Å²) in [6.07, 6.45) is 0. The monoisotopic (exact) mass is 280 g/mol. The minimum absolute atomic E-state index is 0.315. The van der Waals surface area contributed by atoms with Crippen LogP contribution in [-0.4, -0.2) is 10.9 Å². The van der Waals surface area contributed by atoms with Gasteiger partial charge < -0.3 is 5.73 Å². The van der Waals surface area contributed by atoms with Gasteiger partial charge in [-0.15, -0.1) is 11.3 Å². The Hall–Kier alpha value is -2.46. The largest absolute Gasteiger partial charge is 0.364 e. The maximum atomic E-state index is 11.1. The Balaban J connectivity index is 2.01. The van der Waals surface area contributed by atoms with E-state index in [0.29, 0.717) is 5.69 Å². The second kappa shape index (κ2) is 5.27. The van der Waals surface area contributed by atoms with E-state index in [0.717, 1.165) is 21.7 Å². The lowest BCUT2D eigenvalue weighted by atomic mass is 10.0. The van der Waals surface area contributed by atoms with Crippen LogP contribution in [0.2, 0.25) is 0 Å². The second-order valence-electron chi connectivity index (χ2n) is 4.35. The lowest BCUT2D eigenvalue weighted by Crippen LogP contribution is -2.10. The number of primary amides is 1. The van der Waals surface area contributed by atoms with Gasteiger partial charge in [-0.25, -0.2) is 4.98 Å². The molecule has 3 nitrogen and oxygen atoms in total. The molecule has 20 heavy (non-hydrogen) atoms. The zero-order valence-electron chi connectivity index (χ0n) is 10.6. The minimum Gasteiger partial charge on any atom is -0.364 e. The first kappa shape index (κ1) is 12.6. The quantitative estimate of drug-likeness (QED) is 0.797. The van der Waals surface area contributed by atoms with Crippen molar-refractivity contribution in [1.29, 1.82) is 0 Å². The third-order valence-corrected chi connectivity index (χ3v) is 3.86. The van der Waals surface area contributed by atoms with Crippen molar-refractivity contribution < 1.29 is 4.79 Å². The highest BCUT2D eigenvalue weighted by Crippen LogP contribution is 2.28. The normalized spacial score (nSPS) is 10.4. The van der Waals surface area contributed by atoms with Crippen LogP contribution in [0.15, 0.2) is 60.0 Å². The number of hydrogen-bond acceptors (Lipinski definition) is 3. The molecule has 0 spiro atoms. The number of thiazole rings is 1. The number of benzene rings is 2. The zero-order chi connectivity index (χ0) is 13.9. The van der Waals surface area contributed by atoms with Crippen LogP contribution in [0.3, 0.4) is 0 Å². The van der Waals surface area contributed by atoms with Gasteiger partial charge in [0, 0.05) is 10.9 Å². The van der Waals surface area contributed by atoms with Crippen LogP contribution < -0.4 is 5.73 Å². The molecule has 1 heterocycles. The van der Waals surface area contributed by atoms with E-state index in [9.17, 15) is 4.79 Å². The van der Waals surface area contributed by atoms with Crippen LogP contribution in [0.4, 0.5) is 0 Å². The van der Waals surface area contributed by atoms with Crippen molar-refractivity contribution in [2.24, 2.45) is 5.73 Å². The van der Waals surface area contributed by atoms with E-state index in [1.165, 1.54) is 11.3 Å². The third kappa shape index (κ3) is 2.46. The first-order valence-electron chi connectivity index (χ1n) is 6.15. The molecular formula is C16H12N2OS. The fourth-order valence-electron chi connectivity index (χ4n) is 1.98. The number of hydrogen-bond donors (Lipinski definition) is 1. The number of nitrogens with zero attached hydrogens (tertiary/aromatic N) is 1.